The monoisotopic (exact) mass is 559 g/mol. The van der Waals surface area contributed by atoms with E-state index >= 15 is 0 Å². The summed E-state index contributed by atoms with van der Waals surface area (Å²) in [6.07, 6.45) is 3.08. The van der Waals surface area contributed by atoms with E-state index in [-0.39, 0.29) is 12.5 Å². The first-order valence-electron chi connectivity index (χ1n) is 14.5. The number of ether oxygens (including phenoxy) is 4. The van der Waals surface area contributed by atoms with E-state index in [1.54, 1.807) is 11.2 Å². The molecule has 1 fully saturated rings. The Hall–Kier alpha value is -4.04. The fraction of sp³-hybridized carbons (Fsp3) is 0.394. The smallest absolute Gasteiger partial charge is 0.258 e. The highest BCUT2D eigenvalue weighted by Gasteiger charge is 2.39. The molecule has 0 spiro atoms. The summed E-state index contributed by atoms with van der Waals surface area (Å²) in [6, 6.07) is 21.7. The molecule has 1 aliphatic heterocycles. The number of carbonyl (C=O) groups excluding carboxylic acids is 1. The Morgan fingerprint density at radius 1 is 0.780 bits per heavy atom. The van der Waals surface area contributed by atoms with Crippen molar-refractivity contribution in [2.24, 2.45) is 5.10 Å². The maximum Gasteiger partial charge on any atom is 0.258 e. The first-order chi connectivity index (χ1) is 20.1. The molecule has 4 rings (SSSR count). The van der Waals surface area contributed by atoms with Crippen molar-refractivity contribution in [2.75, 3.05) is 33.0 Å². The van der Waals surface area contributed by atoms with Crippen molar-refractivity contribution in [3.05, 3.63) is 83.4 Å². The predicted octanol–water partition coefficient (Wildman–Crippen LogP) is 6.44. The van der Waals surface area contributed by atoms with Crippen molar-refractivity contribution in [2.45, 2.75) is 53.2 Å². The van der Waals surface area contributed by atoms with Gasteiger partial charge < -0.3 is 18.9 Å². The lowest BCUT2D eigenvalue weighted by molar-refractivity contribution is -0.128. The molecule has 1 saturated heterocycles. The minimum Gasteiger partial charge on any atom is -0.490 e. The van der Waals surface area contributed by atoms with Gasteiger partial charge in [0.15, 0.2) is 23.0 Å². The Morgan fingerprint density at radius 3 is 2.05 bits per heavy atom. The summed E-state index contributed by atoms with van der Waals surface area (Å²) in [6.45, 7) is 11.1. The lowest BCUT2D eigenvalue weighted by Crippen LogP contribution is -2.28. The summed E-state index contributed by atoms with van der Waals surface area (Å²) in [7, 11) is 0. The third-order valence-electron chi connectivity index (χ3n) is 6.49. The van der Waals surface area contributed by atoms with Gasteiger partial charge in [0.25, 0.3) is 5.91 Å². The van der Waals surface area contributed by atoms with Crippen LogP contribution in [0.5, 0.6) is 23.0 Å². The second-order valence-corrected chi connectivity index (χ2v) is 9.72. The largest absolute Gasteiger partial charge is 0.490 e. The molecule has 8 heteroatoms. The molecule has 1 heterocycles. The molecule has 218 valence electrons. The molecule has 0 unspecified atom stereocenters. The van der Waals surface area contributed by atoms with Crippen LogP contribution in [0.25, 0.3) is 0 Å². The van der Waals surface area contributed by atoms with Gasteiger partial charge in [0.2, 0.25) is 0 Å². The third-order valence-corrected chi connectivity index (χ3v) is 6.49. The lowest BCUT2D eigenvalue weighted by Gasteiger charge is -2.28. The van der Waals surface area contributed by atoms with E-state index in [4.69, 9.17) is 24.0 Å². The molecular weight excluding hydrogens is 518 g/mol. The van der Waals surface area contributed by atoms with E-state index in [2.05, 4.69) is 30.9 Å². The van der Waals surface area contributed by atoms with Crippen molar-refractivity contribution in [1.29, 1.82) is 0 Å². The summed E-state index contributed by atoms with van der Waals surface area (Å²) in [5.74, 6) is 2.62. The van der Waals surface area contributed by atoms with Gasteiger partial charge in [-0.15, -0.1) is 0 Å². The maximum atomic E-state index is 13.4. The standard InChI is InChI=1S/C33H41N3O5/c1-5-18-40-28-16-14-26(20-30(28)38-7-3)22-34-36-32(37)24-35(23-25-12-10-9-11-13-25)33(36)27-15-17-29(41-19-6-2)31(21-27)39-8-4/h9-17,20-22,33H,5-8,18-19,23-24H2,1-4H3/b34-22-/t33-/m1/s1. The number of hydrogen-bond acceptors (Lipinski definition) is 7. The minimum atomic E-state index is -0.420. The van der Waals surface area contributed by atoms with Crippen LogP contribution in [0.15, 0.2) is 71.8 Å². The van der Waals surface area contributed by atoms with Crippen LogP contribution in [0.2, 0.25) is 0 Å². The molecule has 8 nitrogen and oxygen atoms in total. The highest BCUT2D eigenvalue weighted by molar-refractivity contribution is 5.85. The zero-order chi connectivity index (χ0) is 29.0. The van der Waals surface area contributed by atoms with Crippen LogP contribution in [0.1, 0.15) is 63.4 Å². The predicted molar refractivity (Wildman–Crippen MR) is 161 cm³/mol. The molecule has 0 N–H and O–H groups in total. The Kier molecular flexibility index (Phi) is 11.0. The molecule has 0 aliphatic carbocycles. The van der Waals surface area contributed by atoms with Crippen LogP contribution in [-0.4, -0.2) is 55.0 Å². The van der Waals surface area contributed by atoms with Gasteiger partial charge >= 0.3 is 0 Å². The quantitative estimate of drug-likeness (QED) is 0.200. The fourth-order valence-corrected chi connectivity index (χ4v) is 4.68. The van der Waals surface area contributed by atoms with Crippen LogP contribution >= 0.6 is 0 Å². The van der Waals surface area contributed by atoms with Crippen molar-refractivity contribution in [3.63, 3.8) is 0 Å². The van der Waals surface area contributed by atoms with Gasteiger partial charge in [0, 0.05) is 6.54 Å². The number of carbonyl (C=O) groups is 1. The SMILES string of the molecule is CCCOc1ccc(/C=N\N2C(=O)CN(Cc3ccccc3)[C@H]2c2ccc(OCCC)c(OCC)c2)cc1OCC. The van der Waals surface area contributed by atoms with E-state index in [0.29, 0.717) is 56.0 Å². The normalized spacial score (nSPS) is 15.5. The molecule has 3 aromatic carbocycles. The maximum absolute atomic E-state index is 13.4. The highest BCUT2D eigenvalue weighted by Crippen LogP contribution is 2.38. The molecule has 0 aromatic heterocycles. The van der Waals surface area contributed by atoms with E-state index in [1.807, 2.05) is 68.4 Å². The van der Waals surface area contributed by atoms with Gasteiger partial charge in [0.05, 0.1) is 39.2 Å². The van der Waals surface area contributed by atoms with Gasteiger partial charge in [0.1, 0.15) is 6.17 Å². The van der Waals surface area contributed by atoms with Gasteiger partial charge in [-0.25, -0.2) is 5.01 Å². The van der Waals surface area contributed by atoms with E-state index in [0.717, 1.165) is 29.5 Å². The summed E-state index contributed by atoms with van der Waals surface area (Å²) < 4.78 is 23.5. The summed E-state index contributed by atoms with van der Waals surface area (Å²) >= 11 is 0. The van der Waals surface area contributed by atoms with Gasteiger partial charge in [-0.1, -0.05) is 50.2 Å². The van der Waals surface area contributed by atoms with E-state index in [1.165, 1.54) is 0 Å². The summed E-state index contributed by atoms with van der Waals surface area (Å²) in [5.41, 5.74) is 2.83. The Bertz CT molecular complexity index is 1300. The molecule has 0 bridgehead atoms. The van der Waals surface area contributed by atoms with Crippen molar-refractivity contribution >= 4 is 12.1 Å². The average Bonchev–Trinajstić information content (AvgIpc) is 3.29. The van der Waals surface area contributed by atoms with Gasteiger partial charge in [-0.3, -0.25) is 9.69 Å². The lowest BCUT2D eigenvalue weighted by atomic mass is 10.1. The Balaban J connectivity index is 1.68. The molecule has 0 saturated carbocycles. The first kappa shape index (κ1) is 29.9. The number of rotatable bonds is 15. The first-order valence-corrected chi connectivity index (χ1v) is 14.5. The number of amides is 1. The number of hydrazone groups is 1. The summed E-state index contributed by atoms with van der Waals surface area (Å²) in [4.78, 5) is 15.5. The van der Waals surface area contributed by atoms with Crippen molar-refractivity contribution < 1.29 is 23.7 Å². The second kappa shape index (κ2) is 15.1. The number of nitrogens with zero attached hydrogens (tertiary/aromatic N) is 3. The third kappa shape index (κ3) is 7.79. The van der Waals surface area contributed by atoms with Crippen LogP contribution in [0.3, 0.4) is 0 Å². The Morgan fingerprint density at radius 2 is 1.41 bits per heavy atom. The van der Waals surface area contributed by atoms with Crippen LogP contribution in [0, 0.1) is 0 Å². The van der Waals surface area contributed by atoms with Gasteiger partial charge in [-0.05, 0) is 73.7 Å². The highest BCUT2D eigenvalue weighted by atomic mass is 16.5. The van der Waals surface area contributed by atoms with Crippen LogP contribution in [0.4, 0.5) is 0 Å². The van der Waals surface area contributed by atoms with E-state index < -0.39 is 6.17 Å². The van der Waals surface area contributed by atoms with Crippen LogP contribution in [-0.2, 0) is 11.3 Å². The van der Waals surface area contributed by atoms with Gasteiger partial charge in [-0.2, -0.15) is 5.10 Å². The second-order valence-electron chi connectivity index (χ2n) is 9.72. The Labute approximate surface area is 243 Å². The molecule has 41 heavy (non-hydrogen) atoms. The topological polar surface area (TPSA) is 72.8 Å². The number of benzene rings is 3. The molecule has 1 atom stereocenters. The molecule has 3 aromatic rings. The number of hydrogen-bond donors (Lipinski definition) is 0. The zero-order valence-electron chi connectivity index (χ0n) is 24.5. The molecule has 1 aliphatic rings. The molecule has 1 amide bonds. The fourth-order valence-electron chi connectivity index (χ4n) is 4.68. The van der Waals surface area contributed by atoms with Crippen molar-refractivity contribution in [1.82, 2.24) is 9.91 Å². The summed E-state index contributed by atoms with van der Waals surface area (Å²) in [5, 5.41) is 6.27. The zero-order valence-corrected chi connectivity index (χ0v) is 24.5. The minimum absolute atomic E-state index is 0.0839. The average molecular weight is 560 g/mol. The molecular formula is C33H41N3O5. The van der Waals surface area contributed by atoms with Crippen LogP contribution < -0.4 is 18.9 Å². The molecule has 0 radical (unpaired) electrons. The van der Waals surface area contributed by atoms with Crippen molar-refractivity contribution in [3.8, 4) is 23.0 Å². The van der Waals surface area contributed by atoms with E-state index in [9.17, 15) is 4.79 Å².